The highest BCUT2D eigenvalue weighted by Crippen LogP contribution is 2.23. The second-order valence-electron chi connectivity index (χ2n) is 6.36. The molecule has 8 heteroatoms. The maximum absolute atomic E-state index is 12.3. The van der Waals surface area contributed by atoms with E-state index in [1.54, 1.807) is 6.08 Å². The van der Waals surface area contributed by atoms with Crippen molar-refractivity contribution in [3.63, 3.8) is 0 Å². The first-order valence-corrected chi connectivity index (χ1v) is 8.62. The molecule has 0 aromatic rings. The molecule has 25 heavy (non-hydrogen) atoms. The SMILES string of the molecule is CCC(CC)O[C@@H]1C=C(C(=O)N[C@@H](C)C(=O)O)C[C@H](N)[C@H]1NC(C)=O. The molecule has 0 unspecified atom stereocenters. The van der Waals surface area contributed by atoms with Gasteiger partial charge >= 0.3 is 5.97 Å². The number of carbonyl (C=O) groups is 3. The van der Waals surface area contributed by atoms with Gasteiger partial charge in [0.2, 0.25) is 11.8 Å². The Balaban J connectivity index is 3.02. The highest BCUT2D eigenvalue weighted by molar-refractivity contribution is 5.96. The van der Waals surface area contributed by atoms with Crippen molar-refractivity contribution in [2.45, 2.75) is 77.3 Å². The summed E-state index contributed by atoms with van der Waals surface area (Å²) in [6.45, 7) is 6.79. The molecule has 1 aliphatic carbocycles. The lowest BCUT2D eigenvalue weighted by Gasteiger charge is -2.37. The minimum atomic E-state index is -1.12. The summed E-state index contributed by atoms with van der Waals surface area (Å²) >= 11 is 0. The summed E-state index contributed by atoms with van der Waals surface area (Å²) in [6.07, 6.45) is 2.89. The van der Waals surface area contributed by atoms with E-state index in [9.17, 15) is 14.4 Å². The van der Waals surface area contributed by atoms with Crippen LogP contribution in [0.2, 0.25) is 0 Å². The molecule has 8 nitrogen and oxygen atoms in total. The molecule has 0 spiro atoms. The molecule has 0 bridgehead atoms. The molecule has 142 valence electrons. The molecule has 0 aliphatic heterocycles. The van der Waals surface area contributed by atoms with E-state index >= 15 is 0 Å². The zero-order valence-electron chi connectivity index (χ0n) is 15.2. The molecule has 0 fully saturated rings. The van der Waals surface area contributed by atoms with Crippen molar-refractivity contribution in [1.29, 1.82) is 0 Å². The van der Waals surface area contributed by atoms with Crippen molar-refractivity contribution in [2.24, 2.45) is 5.73 Å². The van der Waals surface area contributed by atoms with E-state index in [2.05, 4.69) is 10.6 Å². The molecule has 2 amide bonds. The highest BCUT2D eigenvalue weighted by Gasteiger charge is 2.35. The third kappa shape index (κ3) is 6.13. The zero-order chi connectivity index (χ0) is 19.1. The Labute approximate surface area is 148 Å². The number of carboxylic acids is 1. The maximum Gasteiger partial charge on any atom is 0.325 e. The lowest BCUT2D eigenvalue weighted by Crippen LogP contribution is -2.57. The summed E-state index contributed by atoms with van der Waals surface area (Å²) in [5, 5.41) is 14.1. The van der Waals surface area contributed by atoms with Gasteiger partial charge in [-0.25, -0.2) is 0 Å². The van der Waals surface area contributed by atoms with Crippen LogP contribution in [-0.2, 0) is 19.1 Å². The van der Waals surface area contributed by atoms with Gasteiger partial charge in [-0.15, -0.1) is 0 Å². The average molecular weight is 355 g/mol. The van der Waals surface area contributed by atoms with Crippen LogP contribution in [0.15, 0.2) is 11.6 Å². The number of carbonyl (C=O) groups excluding carboxylic acids is 2. The summed E-state index contributed by atoms with van der Waals surface area (Å²) in [6, 6.07) is -1.95. The normalized spacial score (nSPS) is 24.4. The van der Waals surface area contributed by atoms with E-state index in [0.29, 0.717) is 5.57 Å². The molecular weight excluding hydrogens is 326 g/mol. The third-order valence-corrected chi connectivity index (χ3v) is 4.28. The van der Waals surface area contributed by atoms with E-state index in [0.717, 1.165) is 12.8 Å². The predicted molar refractivity (Wildman–Crippen MR) is 92.8 cm³/mol. The van der Waals surface area contributed by atoms with Gasteiger partial charge in [0, 0.05) is 18.5 Å². The van der Waals surface area contributed by atoms with E-state index in [4.69, 9.17) is 15.6 Å². The summed E-state index contributed by atoms with van der Waals surface area (Å²) in [5.74, 6) is -1.82. The highest BCUT2D eigenvalue weighted by atomic mass is 16.5. The van der Waals surface area contributed by atoms with Gasteiger partial charge in [0.05, 0.1) is 18.2 Å². The minimum Gasteiger partial charge on any atom is -0.480 e. The Morgan fingerprint density at radius 2 is 1.96 bits per heavy atom. The molecule has 0 saturated carbocycles. The van der Waals surface area contributed by atoms with Crippen molar-refractivity contribution in [3.05, 3.63) is 11.6 Å². The summed E-state index contributed by atoms with van der Waals surface area (Å²) < 4.78 is 6.04. The smallest absolute Gasteiger partial charge is 0.325 e. The Morgan fingerprint density at radius 1 is 1.36 bits per heavy atom. The van der Waals surface area contributed by atoms with Crippen LogP contribution in [0.1, 0.15) is 47.0 Å². The van der Waals surface area contributed by atoms with Crippen molar-refractivity contribution in [3.8, 4) is 0 Å². The van der Waals surface area contributed by atoms with Crippen LogP contribution < -0.4 is 16.4 Å². The molecule has 1 rings (SSSR count). The Hall–Kier alpha value is -1.93. The fourth-order valence-corrected chi connectivity index (χ4v) is 2.77. The predicted octanol–water partition coefficient (Wildman–Crippen LogP) is 0.312. The molecule has 4 atom stereocenters. The fourth-order valence-electron chi connectivity index (χ4n) is 2.77. The second kappa shape index (κ2) is 9.53. The molecule has 5 N–H and O–H groups in total. The lowest BCUT2D eigenvalue weighted by molar-refractivity contribution is -0.140. The van der Waals surface area contributed by atoms with Crippen LogP contribution in [0.5, 0.6) is 0 Å². The lowest BCUT2D eigenvalue weighted by atomic mass is 9.87. The van der Waals surface area contributed by atoms with Crippen LogP contribution in [0.25, 0.3) is 0 Å². The number of amides is 2. The van der Waals surface area contributed by atoms with Gasteiger partial charge in [-0.1, -0.05) is 13.8 Å². The van der Waals surface area contributed by atoms with Crippen molar-refractivity contribution < 1.29 is 24.2 Å². The van der Waals surface area contributed by atoms with Gasteiger partial charge in [0.25, 0.3) is 0 Å². The Kier molecular flexibility index (Phi) is 8.05. The first-order valence-electron chi connectivity index (χ1n) is 8.62. The summed E-state index contributed by atoms with van der Waals surface area (Å²) in [7, 11) is 0. The van der Waals surface area contributed by atoms with Crippen LogP contribution in [0, 0.1) is 0 Å². The van der Waals surface area contributed by atoms with Crippen molar-refractivity contribution >= 4 is 17.8 Å². The molecule has 0 radical (unpaired) electrons. The minimum absolute atomic E-state index is 0.0231. The topological polar surface area (TPSA) is 131 Å². The molecule has 1 aliphatic rings. The van der Waals surface area contributed by atoms with Gasteiger partial charge in [0.15, 0.2) is 0 Å². The van der Waals surface area contributed by atoms with Gasteiger partial charge in [-0.2, -0.15) is 0 Å². The van der Waals surface area contributed by atoms with E-state index in [1.165, 1.54) is 13.8 Å². The van der Waals surface area contributed by atoms with Crippen LogP contribution >= 0.6 is 0 Å². The number of ether oxygens (including phenoxy) is 1. The molecular formula is C17H29N3O5. The van der Waals surface area contributed by atoms with E-state index in [1.807, 2.05) is 13.8 Å². The van der Waals surface area contributed by atoms with Crippen LogP contribution in [-0.4, -0.2) is 53.2 Å². The Morgan fingerprint density at radius 3 is 2.44 bits per heavy atom. The van der Waals surface area contributed by atoms with Gasteiger partial charge in [0.1, 0.15) is 6.04 Å². The molecule has 0 aromatic carbocycles. The van der Waals surface area contributed by atoms with Crippen LogP contribution in [0.3, 0.4) is 0 Å². The molecule has 0 saturated heterocycles. The first kappa shape index (κ1) is 21.1. The van der Waals surface area contributed by atoms with E-state index < -0.39 is 36.1 Å². The largest absolute Gasteiger partial charge is 0.480 e. The number of nitrogens with one attached hydrogen (secondary N) is 2. The first-order chi connectivity index (χ1) is 11.7. The Bertz CT molecular complexity index is 530. The summed E-state index contributed by atoms with van der Waals surface area (Å²) in [4.78, 5) is 34.7. The number of rotatable bonds is 8. The number of hydrogen-bond acceptors (Lipinski definition) is 5. The molecule has 0 heterocycles. The van der Waals surface area contributed by atoms with E-state index in [-0.39, 0.29) is 18.4 Å². The quantitative estimate of drug-likeness (QED) is 0.496. The second-order valence-corrected chi connectivity index (χ2v) is 6.36. The number of nitrogens with two attached hydrogens (primary N) is 1. The average Bonchev–Trinajstić information content (AvgIpc) is 2.54. The molecule has 0 aromatic heterocycles. The third-order valence-electron chi connectivity index (χ3n) is 4.28. The zero-order valence-corrected chi connectivity index (χ0v) is 15.2. The fraction of sp³-hybridized carbons (Fsp3) is 0.706. The number of carboxylic acid groups (broad SMARTS) is 1. The summed E-state index contributed by atoms with van der Waals surface area (Å²) in [5.41, 5.74) is 6.54. The standard InChI is InChI=1S/C17H29N3O5/c1-5-12(6-2)25-14-8-11(16(22)19-9(3)17(23)24)7-13(18)15(14)20-10(4)21/h8-9,12-15H,5-7,18H2,1-4H3,(H,19,22)(H,20,21)(H,23,24)/t9-,13-,14+,15+/m0/s1. The number of hydrogen-bond donors (Lipinski definition) is 4. The van der Waals surface area contributed by atoms with Crippen molar-refractivity contribution in [2.75, 3.05) is 0 Å². The van der Waals surface area contributed by atoms with Gasteiger partial charge in [-0.3, -0.25) is 14.4 Å². The monoisotopic (exact) mass is 355 g/mol. The maximum atomic E-state index is 12.3. The van der Waals surface area contributed by atoms with Crippen LogP contribution in [0.4, 0.5) is 0 Å². The van der Waals surface area contributed by atoms with Gasteiger partial charge in [-0.05, 0) is 32.3 Å². The number of aliphatic carboxylic acids is 1. The van der Waals surface area contributed by atoms with Gasteiger partial charge < -0.3 is 26.2 Å². The van der Waals surface area contributed by atoms with Crippen molar-refractivity contribution in [1.82, 2.24) is 10.6 Å².